The molecule has 132 heavy (non-hydrogen) atoms. The third kappa shape index (κ3) is 23.4. The maximum atomic E-state index is 6.32. The van der Waals surface area contributed by atoms with Crippen molar-refractivity contribution in [2.45, 2.75) is 64.3 Å². The standard InChI is InChI=1S/C37H38ClN9O2.C32H35ClN8O2.C30H33ClN8O/c1-48-28-12-10-26(11-13-28)41-36-43-35(44-37(45-36)47-21-19-46(20-22-47)27-7-4-3-5-8-27)40-18-6-17-39-34-30-15-9-25(38)23-33(30)42-32-16-14-29(49-2)24-31(32)34;1-42-23-11-9-22(10-12-23)37-32-40-30(39-31(41-32)36-21-6-4-3-5-7-21)35-17-16-34-29-25-14-8-20(33)18-28(25)38-27-15-13-24(43-2)19-26(27)29;1-5-19-7-14-25-24(17-19)27(23-13-8-20(31)18-26(23)35-25)32-15-6-16-33-28-36-29(38-30(37-28)39(2)3)34-21-9-11-22(40-4)12-10-21/h3-5,7-16,23-24H,6,17-22H2,1-2H3,(H,39,42)(H2,40,41,43,44,45);8-15,18-19,21H,3-7,16-17H2,1-2H3,(H,34,38)(H3,35,36,37,39,40,41);7-14,17-18H,5-6,15-16H2,1-4H3,(H,32,35)(H2,33,34,36,37,38). The highest BCUT2D eigenvalue weighted by Gasteiger charge is 2.24. The van der Waals surface area contributed by atoms with E-state index in [1.807, 2.05) is 189 Å². The number of methoxy groups -OCH3 is 5. The van der Waals surface area contributed by atoms with Crippen LogP contribution in [0.5, 0.6) is 28.7 Å². The molecule has 0 radical (unpaired) electrons. The zero-order chi connectivity index (χ0) is 91.2. The molecule has 1 saturated heterocycles. The van der Waals surface area contributed by atoms with Gasteiger partial charge in [-0.25, -0.2) is 15.0 Å². The van der Waals surface area contributed by atoms with Crippen molar-refractivity contribution in [1.82, 2.24) is 59.8 Å². The normalized spacial score (nSPS) is 12.6. The Bertz CT molecular complexity index is 6630. The van der Waals surface area contributed by atoms with Gasteiger partial charge < -0.3 is 91.6 Å². The van der Waals surface area contributed by atoms with Crippen LogP contribution in [0.2, 0.25) is 15.1 Å². The predicted octanol–water partition coefficient (Wildman–Crippen LogP) is 21.0. The number of aryl methyl sites for hydroxylation is 1. The van der Waals surface area contributed by atoms with Crippen molar-refractivity contribution in [1.29, 1.82) is 0 Å². The summed E-state index contributed by atoms with van der Waals surface area (Å²) < 4.78 is 26.8. The monoisotopic (exact) mass is 1830 g/mol. The van der Waals surface area contributed by atoms with E-state index < -0.39 is 0 Å². The Morgan fingerprint density at radius 2 is 0.705 bits per heavy atom. The minimum atomic E-state index is 0.359. The van der Waals surface area contributed by atoms with Crippen molar-refractivity contribution < 1.29 is 23.7 Å². The summed E-state index contributed by atoms with van der Waals surface area (Å²) in [5, 5.41) is 42.6. The highest BCUT2D eigenvalue weighted by atomic mass is 35.5. The number of nitrogens with zero attached hydrogens (tertiary/aromatic N) is 15. The lowest BCUT2D eigenvalue weighted by Gasteiger charge is -2.36. The molecule has 1 aliphatic carbocycles. The maximum absolute atomic E-state index is 6.32. The fraction of sp³-hybridized carbons (Fsp3) is 0.273. The number of benzene rings is 10. The van der Waals surface area contributed by atoms with Gasteiger partial charge in [-0.1, -0.05) is 85.3 Å². The molecule has 30 nitrogen and oxygen atoms in total. The van der Waals surface area contributed by atoms with Crippen LogP contribution in [0, 0.1) is 0 Å². The predicted molar refractivity (Wildman–Crippen MR) is 539 cm³/mol. The van der Waals surface area contributed by atoms with E-state index in [9.17, 15) is 0 Å². The van der Waals surface area contributed by atoms with Gasteiger partial charge in [0.2, 0.25) is 53.5 Å². The van der Waals surface area contributed by atoms with Crippen LogP contribution in [-0.2, 0) is 6.42 Å². The number of pyridine rings is 3. The van der Waals surface area contributed by atoms with Gasteiger partial charge in [0.05, 0.1) is 85.7 Å². The lowest BCUT2D eigenvalue weighted by atomic mass is 9.96. The van der Waals surface area contributed by atoms with E-state index in [2.05, 4.69) is 137 Å². The molecule has 0 unspecified atom stereocenters. The largest absolute Gasteiger partial charge is 0.497 e. The summed E-state index contributed by atoms with van der Waals surface area (Å²) in [5.41, 5.74) is 13.3. The van der Waals surface area contributed by atoms with Crippen molar-refractivity contribution in [3.8, 4) is 28.7 Å². The summed E-state index contributed by atoms with van der Waals surface area (Å²) in [5.74, 6) is 8.58. The van der Waals surface area contributed by atoms with Crippen molar-refractivity contribution >= 4 is 194 Å². The first-order valence-corrected chi connectivity index (χ1v) is 45.3. The third-order valence-corrected chi connectivity index (χ3v) is 23.3. The average molecular weight is 1830 g/mol. The van der Waals surface area contributed by atoms with Crippen LogP contribution in [0.1, 0.15) is 57.4 Å². The number of halogens is 3. The first kappa shape index (κ1) is 90.8. The first-order chi connectivity index (χ1) is 64.6. The lowest BCUT2D eigenvalue weighted by Crippen LogP contribution is -2.47. The SMILES string of the molecule is CCc1ccc2nc3cc(Cl)ccc3c(NCCCNc3nc(Nc4ccc(OC)cc4)nc(N(C)C)n3)c2c1.COc1ccc(Nc2nc(NCCCNc3c4ccc(Cl)cc4nc4ccc(OC)cc34)nc(N3CCN(c4ccccc4)CC3)n2)cc1.COc1ccc(Nc2nc(NCCNc3c4ccc(Cl)cc4nc4ccc(OC)cc34)nc(NC3CCCCC3)n2)cc1. The van der Waals surface area contributed by atoms with E-state index in [1.54, 1.807) is 35.5 Å². The molecular formula is C99H106Cl3N25O5. The number of ether oxygens (including phenoxy) is 5. The fourth-order valence-corrected chi connectivity index (χ4v) is 16.2. The maximum Gasteiger partial charge on any atom is 0.233 e. The molecule has 2 fully saturated rings. The summed E-state index contributed by atoms with van der Waals surface area (Å²) in [6, 6.07) is 69.4. The number of hydrogen-bond acceptors (Lipinski definition) is 30. The summed E-state index contributed by atoms with van der Waals surface area (Å²) in [7, 11) is 12.1. The van der Waals surface area contributed by atoms with Crippen LogP contribution in [0.25, 0.3) is 65.4 Å². The summed E-state index contributed by atoms with van der Waals surface area (Å²) in [6.45, 7) is 9.47. The summed E-state index contributed by atoms with van der Waals surface area (Å²) >= 11 is 18.9. The van der Waals surface area contributed by atoms with E-state index in [4.69, 9.17) is 93.4 Å². The molecule has 1 saturated carbocycles. The molecule has 0 spiro atoms. The Hall–Kier alpha value is -14.5. The molecule has 16 aromatic rings. The van der Waals surface area contributed by atoms with Crippen molar-refractivity contribution in [3.63, 3.8) is 0 Å². The number of anilines is 16. The molecule has 33 heteroatoms. The molecule has 1 aliphatic heterocycles. The van der Waals surface area contributed by atoms with Crippen molar-refractivity contribution in [3.05, 3.63) is 233 Å². The van der Waals surface area contributed by atoms with Gasteiger partial charge in [0.15, 0.2) is 0 Å². The van der Waals surface area contributed by atoms with Crippen molar-refractivity contribution in [2.24, 2.45) is 0 Å². The Labute approximate surface area is 781 Å². The average Bonchev–Trinajstić information content (AvgIpc) is 0.774. The first-order valence-electron chi connectivity index (χ1n) is 44.2. The molecule has 0 bridgehead atoms. The van der Waals surface area contributed by atoms with E-state index in [0.29, 0.717) is 107 Å². The van der Waals surface area contributed by atoms with Gasteiger partial charge in [-0.15, -0.1) is 0 Å². The van der Waals surface area contributed by atoms with Gasteiger partial charge in [0.1, 0.15) is 28.7 Å². The van der Waals surface area contributed by atoms with E-state index in [1.165, 1.54) is 30.5 Å². The minimum Gasteiger partial charge on any atom is -0.497 e. The van der Waals surface area contributed by atoms with Gasteiger partial charge in [0, 0.05) is 156 Å². The van der Waals surface area contributed by atoms with E-state index in [-0.39, 0.29) is 0 Å². The molecule has 2 aliphatic rings. The number of nitrogens with one attached hydrogen (secondary N) is 10. The number of aromatic nitrogens is 12. The second kappa shape index (κ2) is 43.7. The summed E-state index contributed by atoms with van der Waals surface area (Å²) in [4.78, 5) is 63.0. The van der Waals surface area contributed by atoms with Crippen LogP contribution in [0.4, 0.5) is 93.3 Å². The zero-order valence-electron chi connectivity index (χ0n) is 74.9. The Morgan fingerprint density at radius 1 is 0.333 bits per heavy atom. The van der Waals surface area contributed by atoms with Gasteiger partial charge in [-0.2, -0.15) is 44.9 Å². The number of rotatable bonds is 34. The molecule has 0 atom stereocenters. The van der Waals surface area contributed by atoms with Crippen LogP contribution in [0.3, 0.4) is 0 Å². The second-order valence-corrected chi connectivity index (χ2v) is 33.1. The molecular weight excluding hydrogens is 1730 g/mol. The van der Waals surface area contributed by atoms with Gasteiger partial charge in [-0.3, -0.25) is 0 Å². The molecule has 6 aromatic heterocycles. The lowest BCUT2D eigenvalue weighted by molar-refractivity contribution is 0.415. The van der Waals surface area contributed by atoms with Crippen LogP contribution in [-0.4, -0.2) is 181 Å². The Kier molecular flexibility index (Phi) is 30.1. The van der Waals surface area contributed by atoms with Gasteiger partial charge >= 0.3 is 0 Å². The highest BCUT2D eigenvalue weighted by molar-refractivity contribution is 6.32. The third-order valence-electron chi connectivity index (χ3n) is 22.6. The number of para-hydroxylation sites is 1. The quantitative estimate of drug-likeness (QED) is 0.0132. The molecule has 10 aromatic carbocycles. The Morgan fingerprint density at radius 3 is 1.17 bits per heavy atom. The number of piperazine rings is 1. The zero-order valence-corrected chi connectivity index (χ0v) is 77.2. The molecule has 678 valence electrons. The molecule has 10 N–H and O–H groups in total. The van der Waals surface area contributed by atoms with Crippen LogP contribution >= 0.6 is 34.8 Å². The smallest absolute Gasteiger partial charge is 0.233 e. The molecule has 7 heterocycles. The number of fused-ring (bicyclic) bond motifs is 6. The molecule has 0 amide bonds. The van der Waals surface area contributed by atoms with Crippen molar-refractivity contribution in [2.75, 3.05) is 183 Å². The minimum absolute atomic E-state index is 0.359. The highest BCUT2D eigenvalue weighted by Crippen LogP contribution is 2.39. The summed E-state index contributed by atoms with van der Waals surface area (Å²) in [6.07, 6.45) is 8.56. The topological polar surface area (TPSA) is 331 Å². The van der Waals surface area contributed by atoms with E-state index >= 15 is 0 Å². The van der Waals surface area contributed by atoms with E-state index in [0.717, 1.165) is 193 Å². The Balaban J connectivity index is 0.000000145. The van der Waals surface area contributed by atoms with Gasteiger partial charge in [-0.05, 0) is 226 Å². The van der Waals surface area contributed by atoms with Crippen LogP contribution in [0.15, 0.2) is 212 Å². The fourth-order valence-electron chi connectivity index (χ4n) is 15.7. The number of hydrogen-bond donors (Lipinski definition) is 10. The van der Waals surface area contributed by atoms with Gasteiger partial charge in [0.25, 0.3) is 0 Å². The second-order valence-electron chi connectivity index (χ2n) is 31.8. The van der Waals surface area contributed by atoms with Crippen LogP contribution < -0.4 is 91.6 Å². The molecule has 18 rings (SSSR count).